The fraction of sp³-hybridized carbons (Fsp3) is 0.286. The average molecular weight is 289 g/mol. The maximum absolute atomic E-state index is 8.85. The maximum atomic E-state index is 8.85. The van der Waals surface area contributed by atoms with Crippen LogP contribution in [-0.2, 0) is 0 Å². The molecule has 0 saturated heterocycles. The number of anilines is 1. The first kappa shape index (κ1) is 13.4. The highest BCUT2D eigenvalue weighted by Crippen LogP contribution is 2.42. The summed E-state index contributed by atoms with van der Waals surface area (Å²) in [6, 6.07) is 5.40. The van der Waals surface area contributed by atoms with E-state index in [2.05, 4.69) is 15.3 Å². The van der Waals surface area contributed by atoms with Gasteiger partial charge in [-0.2, -0.15) is 0 Å². The standard InChI is InChI=1S/C14H15N3O4/c1-19-11-6-13-12(20-8-21-13)4-9(11)10-5-14(15-2-3-18)17-7-16-10/h4-7,18H,2-3,8H2,1H3,(H,15,16,17). The van der Waals surface area contributed by atoms with E-state index in [-0.39, 0.29) is 13.4 Å². The second-order valence-electron chi connectivity index (χ2n) is 4.34. The topological polar surface area (TPSA) is 85.7 Å². The van der Waals surface area contributed by atoms with Crippen LogP contribution in [0.15, 0.2) is 24.5 Å². The van der Waals surface area contributed by atoms with E-state index in [4.69, 9.17) is 19.3 Å². The normalized spacial score (nSPS) is 12.3. The molecule has 0 atom stereocenters. The second-order valence-corrected chi connectivity index (χ2v) is 4.34. The Labute approximate surface area is 121 Å². The molecule has 2 heterocycles. The van der Waals surface area contributed by atoms with E-state index in [9.17, 15) is 0 Å². The summed E-state index contributed by atoms with van der Waals surface area (Å²) in [6.45, 7) is 0.663. The molecule has 3 rings (SSSR count). The molecule has 0 bridgehead atoms. The molecular weight excluding hydrogens is 274 g/mol. The van der Waals surface area contributed by atoms with E-state index in [1.807, 2.05) is 6.07 Å². The Morgan fingerprint density at radius 2 is 2.05 bits per heavy atom. The van der Waals surface area contributed by atoms with Crippen molar-refractivity contribution in [2.24, 2.45) is 0 Å². The van der Waals surface area contributed by atoms with Crippen LogP contribution in [0.1, 0.15) is 0 Å². The molecular formula is C14H15N3O4. The van der Waals surface area contributed by atoms with E-state index in [0.717, 1.165) is 5.56 Å². The molecule has 0 amide bonds. The van der Waals surface area contributed by atoms with Crippen LogP contribution < -0.4 is 19.5 Å². The van der Waals surface area contributed by atoms with E-state index in [1.54, 1.807) is 19.2 Å². The summed E-state index contributed by atoms with van der Waals surface area (Å²) in [4.78, 5) is 8.36. The number of aliphatic hydroxyl groups is 1. The highest BCUT2D eigenvalue weighted by atomic mass is 16.7. The Balaban J connectivity index is 1.99. The second kappa shape index (κ2) is 5.84. The van der Waals surface area contributed by atoms with Crippen LogP contribution in [0.4, 0.5) is 5.82 Å². The highest BCUT2D eigenvalue weighted by Gasteiger charge is 2.19. The molecule has 1 aliphatic rings. The third-order valence-corrected chi connectivity index (χ3v) is 3.06. The number of nitrogens with zero attached hydrogens (tertiary/aromatic N) is 2. The SMILES string of the molecule is COc1cc2c(cc1-c1cc(NCCO)ncn1)OCO2. The summed E-state index contributed by atoms with van der Waals surface area (Å²) < 4.78 is 16.1. The summed E-state index contributed by atoms with van der Waals surface area (Å²) in [6.07, 6.45) is 1.46. The Bertz CT molecular complexity index is 648. The molecule has 7 heteroatoms. The fourth-order valence-corrected chi connectivity index (χ4v) is 2.08. The van der Waals surface area contributed by atoms with Gasteiger partial charge in [-0.1, -0.05) is 0 Å². The maximum Gasteiger partial charge on any atom is 0.231 e. The van der Waals surface area contributed by atoms with Crippen molar-refractivity contribution in [1.82, 2.24) is 9.97 Å². The van der Waals surface area contributed by atoms with Gasteiger partial charge >= 0.3 is 0 Å². The van der Waals surface area contributed by atoms with E-state index in [0.29, 0.717) is 35.3 Å². The zero-order valence-electron chi connectivity index (χ0n) is 11.5. The molecule has 1 aromatic carbocycles. The minimum absolute atomic E-state index is 0.0344. The Kier molecular flexibility index (Phi) is 3.74. The lowest BCUT2D eigenvalue weighted by atomic mass is 10.1. The number of hydrogen-bond donors (Lipinski definition) is 2. The van der Waals surface area contributed by atoms with Gasteiger partial charge in [0.1, 0.15) is 17.9 Å². The van der Waals surface area contributed by atoms with Crippen molar-refractivity contribution in [3.63, 3.8) is 0 Å². The first-order valence-electron chi connectivity index (χ1n) is 6.46. The molecule has 2 N–H and O–H groups in total. The van der Waals surface area contributed by atoms with E-state index in [1.165, 1.54) is 6.33 Å². The fourth-order valence-electron chi connectivity index (χ4n) is 2.08. The largest absolute Gasteiger partial charge is 0.496 e. The number of methoxy groups -OCH3 is 1. The van der Waals surface area contributed by atoms with E-state index >= 15 is 0 Å². The third kappa shape index (κ3) is 2.68. The van der Waals surface area contributed by atoms with Crippen LogP contribution in [0.25, 0.3) is 11.3 Å². The summed E-state index contributed by atoms with van der Waals surface area (Å²) in [5.41, 5.74) is 1.48. The van der Waals surface area contributed by atoms with Gasteiger partial charge in [0.05, 0.1) is 19.4 Å². The number of aromatic nitrogens is 2. The highest BCUT2D eigenvalue weighted by molar-refractivity contribution is 5.73. The minimum atomic E-state index is 0.0344. The Hall–Kier alpha value is -2.54. The molecule has 0 radical (unpaired) electrons. The number of benzene rings is 1. The summed E-state index contributed by atoms with van der Waals surface area (Å²) in [5, 5.41) is 11.8. The summed E-state index contributed by atoms with van der Waals surface area (Å²) in [5.74, 6) is 2.59. The van der Waals surface area contributed by atoms with Crippen molar-refractivity contribution < 1.29 is 19.3 Å². The lowest BCUT2D eigenvalue weighted by Gasteiger charge is -2.10. The van der Waals surface area contributed by atoms with Gasteiger partial charge < -0.3 is 24.6 Å². The minimum Gasteiger partial charge on any atom is -0.496 e. The predicted molar refractivity (Wildman–Crippen MR) is 75.7 cm³/mol. The summed E-state index contributed by atoms with van der Waals surface area (Å²) in [7, 11) is 1.59. The molecule has 2 aromatic rings. The van der Waals surface area contributed by atoms with Crippen LogP contribution in [0, 0.1) is 0 Å². The molecule has 0 spiro atoms. The van der Waals surface area contributed by atoms with Crippen LogP contribution in [-0.4, -0.2) is 42.1 Å². The van der Waals surface area contributed by atoms with Crippen molar-refractivity contribution in [2.75, 3.05) is 32.4 Å². The van der Waals surface area contributed by atoms with Crippen LogP contribution in [0.5, 0.6) is 17.2 Å². The number of hydrogen-bond acceptors (Lipinski definition) is 7. The van der Waals surface area contributed by atoms with Gasteiger partial charge in [-0.05, 0) is 6.07 Å². The average Bonchev–Trinajstić information content (AvgIpc) is 2.99. The molecule has 0 saturated carbocycles. The number of nitrogens with one attached hydrogen (secondary N) is 1. The van der Waals surface area contributed by atoms with Gasteiger partial charge in [-0.15, -0.1) is 0 Å². The van der Waals surface area contributed by atoms with Gasteiger partial charge in [0.2, 0.25) is 6.79 Å². The van der Waals surface area contributed by atoms with Crippen molar-refractivity contribution in [2.45, 2.75) is 0 Å². The van der Waals surface area contributed by atoms with Gasteiger partial charge in [0, 0.05) is 24.2 Å². The smallest absolute Gasteiger partial charge is 0.231 e. The molecule has 21 heavy (non-hydrogen) atoms. The summed E-state index contributed by atoms with van der Waals surface area (Å²) >= 11 is 0. The molecule has 1 aromatic heterocycles. The van der Waals surface area contributed by atoms with Crippen molar-refractivity contribution in [1.29, 1.82) is 0 Å². The molecule has 110 valence electrons. The van der Waals surface area contributed by atoms with Gasteiger partial charge in [0.25, 0.3) is 0 Å². The van der Waals surface area contributed by atoms with Crippen molar-refractivity contribution in [3.8, 4) is 28.5 Å². The van der Waals surface area contributed by atoms with Crippen LogP contribution in [0.2, 0.25) is 0 Å². The lowest BCUT2D eigenvalue weighted by Crippen LogP contribution is -2.07. The predicted octanol–water partition coefficient (Wildman–Crippen LogP) is 1.29. The Morgan fingerprint density at radius 1 is 1.24 bits per heavy atom. The molecule has 0 fully saturated rings. The monoisotopic (exact) mass is 289 g/mol. The zero-order chi connectivity index (χ0) is 14.7. The zero-order valence-corrected chi connectivity index (χ0v) is 11.5. The molecule has 0 unspecified atom stereocenters. The molecule has 0 aliphatic carbocycles. The van der Waals surface area contributed by atoms with Gasteiger partial charge in [0.15, 0.2) is 11.5 Å². The van der Waals surface area contributed by atoms with E-state index < -0.39 is 0 Å². The first-order chi connectivity index (χ1) is 10.3. The van der Waals surface area contributed by atoms with Crippen LogP contribution >= 0.6 is 0 Å². The molecule has 7 nitrogen and oxygen atoms in total. The lowest BCUT2D eigenvalue weighted by molar-refractivity contribution is 0.174. The quantitative estimate of drug-likeness (QED) is 0.857. The van der Waals surface area contributed by atoms with Crippen molar-refractivity contribution in [3.05, 3.63) is 24.5 Å². The van der Waals surface area contributed by atoms with Gasteiger partial charge in [-0.25, -0.2) is 9.97 Å². The number of fused-ring (bicyclic) bond motifs is 1. The van der Waals surface area contributed by atoms with Crippen LogP contribution in [0.3, 0.4) is 0 Å². The van der Waals surface area contributed by atoms with Crippen molar-refractivity contribution >= 4 is 5.82 Å². The number of rotatable bonds is 5. The Morgan fingerprint density at radius 3 is 2.81 bits per heavy atom. The number of ether oxygens (including phenoxy) is 3. The molecule has 1 aliphatic heterocycles. The van der Waals surface area contributed by atoms with Gasteiger partial charge in [-0.3, -0.25) is 0 Å². The third-order valence-electron chi connectivity index (χ3n) is 3.06. The number of aliphatic hydroxyl groups excluding tert-OH is 1. The first-order valence-corrected chi connectivity index (χ1v) is 6.46.